The Labute approximate surface area is 179 Å². The first-order chi connectivity index (χ1) is 14.4. The van der Waals surface area contributed by atoms with Gasteiger partial charge in [0.15, 0.2) is 0 Å². The van der Waals surface area contributed by atoms with Gasteiger partial charge in [0.1, 0.15) is 0 Å². The maximum absolute atomic E-state index is 12.5. The summed E-state index contributed by atoms with van der Waals surface area (Å²) in [5.41, 5.74) is 1.23. The van der Waals surface area contributed by atoms with Gasteiger partial charge in [-0.3, -0.25) is 9.59 Å². The average molecular weight is 431 g/mol. The lowest BCUT2D eigenvalue weighted by molar-refractivity contribution is -0.148. The van der Waals surface area contributed by atoms with Crippen LogP contribution >= 0.6 is 11.6 Å². The van der Waals surface area contributed by atoms with Crippen LogP contribution in [0.1, 0.15) is 40.5 Å². The largest absolute Gasteiger partial charge is 0.478 e. The summed E-state index contributed by atoms with van der Waals surface area (Å²) < 4.78 is 5.12. The lowest BCUT2D eigenvalue weighted by Gasteiger charge is -2.33. The number of anilines is 2. The molecule has 1 aliphatic heterocycles. The molecule has 1 saturated heterocycles. The third-order valence-corrected chi connectivity index (χ3v) is 5.25. The first-order valence-corrected chi connectivity index (χ1v) is 10.1. The molecule has 0 aliphatic carbocycles. The molecule has 1 aliphatic rings. The highest BCUT2D eigenvalue weighted by molar-refractivity contribution is 6.30. The first-order valence-electron chi connectivity index (χ1n) is 9.75. The van der Waals surface area contributed by atoms with Crippen molar-refractivity contribution in [1.29, 1.82) is 0 Å². The van der Waals surface area contributed by atoms with Gasteiger partial charge in [-0.1, -0.05) is 11.6 Å². The van der Waals surface area contributed by atoms with Crippen LogP contribution in [0.4, 0.5) is 11.4 Å². The minimum atomic E-state index is -1.15. The van der Waals surface area contributed by atoms with Crippen molar-refractivity contribution in [1.82, 2.24) is 0 Å². The number of halogens is 1. The van der Waals surface area contributed by atoms with Crippen molar-refractivity contribution in [2.45, 2.75) is 19.8 Å². The fourth-order valence-corrected chi connectivity index (χ4v) is 3.60. The molecule has 2 N–H and O–H groups in total. The molecular weight excluding hydrogens is 408 g/mol. The van der Waals surface area contributed by atoms with Crippen molar-refractivity contribution in [2.24, 2.45) is 5.92 Å². The highest BCUT2D eigenvalue weighted by Gasteiger charge is 2.27. The van der Waals surface area contributed by atoms with E-state index in [2.05, 4.69) is 5.32 Å². The number of carboxylic acids is 1. The van der Waals surface area contributed by atoms with Gasteiger partial charge in [0, 0.05) is 29.4 Å². The molecule has 8 heteroatoms. The number of nitrogens with one attached hydrogen (secondary N) is 1. The normalized spacial score (nSPS) is 16.1. The molecule has 30 heavy (non-hydrogen) atoms. The van der Waals surface area contributed by atoms with Crippen LogP contribution in [0.5, 0.6) is 0 Å². The molecule has 1 heterocycles. The summed E-state index contributed by atoms with van der Waals surface area (Å²) in [6.07, 6.45) is 1.55. The van der Waals surface area contributed by atoms with Gasteiger partial charge in [0.05, 0.1) is 23.8 Å². The number of piperidine rings is 1. The van der Waals surface area contributed by atoms with E-state index in [-0.39, 0.29) is 23.1 Å². The molecule has 3 rings (SSSR count). The summed E-state index contributed by atoms with van der Waals surface area (Å²) in [4.78, 5) is 38.3. The number of nitrogens with zero attached hydrogens (tertiary/aromatic N) is 1. The van der Waals surface area contributed by atoms with Crippen molar-refractivity contribution in [3.63, 3.8) is 0 Å². The zero-order valence-electron chi connectivity index (χ0n) is 16.6. The highest BCUT2D eigenvalue weighted by atomic mass is 35.5. The first kappa shape index (κ1) is 21.6. The molecule has 0 spiro atoms. The van der Waals surface area contributed by atoms with E-state index in [9.17, 15) is 19.5 Å². The third kappa shape index (κ3) is 5.10. The third-order valence-electron chi connectivity index (χ3n) is 4.99. The summed E-state index contributed by atoms with van der Waals surface area (Å²) >= 11 is 5.84. The van der Waals surface area contributed by atoms with Crippen LogP contribution in [0.3, 0.4) is 0 Å². The predicted molar refractivity (Wildman–Crippen MR) is 114 cm³/mol. The molecule has 2 aromatic carbocycles. The second kappa shape index (κ2) is 9.63. The smallest absolute Gasteiger partial charge is 0.337 e. The quantitative estimate of drug-likeness (QED) is 0.670. The van der Waals surface area contributed by atoms with Crippen molar-refractivity contribution in [2.75, 3.05) is 29.9 Å². The number of esters is 1. The van der Waals surface area contributed by atoms with E-state index in [0.29, 0.717) is 36.0 Å². The van der Waals surface area contributed by atoms with Crippen LogP contribution in [0.2, 0.25) is 5.02 Å². The van der Waals surface area contributed by atoms with Gasteiger partial charge in [-0.2, -0.15) is 0 Å². The second-order valence-corrected chi connectivity index (χ2v) is 7.47. The van der Waals surface area contributed by atoms with E-state index in [1.807, 2.05) is 4.90 Å². The molecule has 1 atom stereocenters. The van der Waals surface area contributed by atoms with Crippen molar-refractivity contribution >= 4 is 40.8 Å². The molecule has 158 valence electrons. The molecular formula is C22H23ClN2O5. The van der Waals surface area contributed by atoms with Crippen LogP contribution < -0.4 is 10.2 Å². The molecule has 0 bridgehead atoms. The number of carbonyl (C=O) groups is 3. The molecule has 7 nitrogen and oxygen atoms in total. The number of hydrogen-bond donors (Lipinski definition) is 2. The van der Waals surface area contributed by atoms with E-state index in [4.69, 9.17) is 16.3 Å². The van der Waals surface area contributed by atoms with E-state index in [0.717, 1.165) is 12.8 Å². The van der Waals surface area contributed by atoms with Crippen LogP contribution in [-0.4, -0.2) is 42.6 Å². The topological polar surface area (TPSA) is 95.9 Å². The summed E-state index contributed by atoms with van der Waals surface area (Å²) in [6, 6.07) is 11.2. The molecule has 2 aromatic rings. The Morgan fingerprint density at radius 1 is 1.20 bits per heavy atom. The number of rotatable bonds is 6. The molecule has 0 saturated carbocycles. The Kier molecular flexibility index (Phi) is 6.95. The SMILES string of the molecule is CCOC(=O)C1CCCN(c2ccc(NC(=O)c3ccc(Cl)cc3)c(C(=O)O)c2)C1. The number of amides is 1. The van der Waals surface area contributed by atoms with E-state index >= 15 is 0 Å². The van der Waals surface area contributed by atoms with Crippen molar-refractivity contribution in [3.8, 4) is 0 Å². The minimum absolute atomic E-state index is 0.0203. The molecule has 1 amide bonds. The number of hydrogen-bond acceptors (Lipinski definition) is 5. The fraction of sp³-hybridized carbons (Fsp3) is 0.318. The monoisotopic (exact) mass is 430 g/mol. The van der Waals surface area contributed by atoms with Crippen molar-refractivity contribution in [3.05, 3.63) is 58.6 Å². The van der Waals surface area contributed by atoms with Gasteiger partial charge in [-0.25, -0.2) is 4.79 Å². The number of carboxylic acid groups (broad SMARTS) is 1. The Bertz CT molecular complexity index is 945. The number of aromatic carboxylic acids is 1. The number of carbonyl (C=O) groups excluding carboxylic acids is 2. The minimum Gasteiger partial charge on any atom is -0.478 e. The van der Waals surface area contributed by atoms with Gasteiger partial charge in [-0.15, -0.1) is 0 Å². The zero-order chi connectivity index (χ0) is 21.7. The van der Waals surface area contributed by atoms with Gasteiger partial charge in [-0.05, 0) is 62.2 Å². The summed E-state index contributed by atoms with van der Waals surface area (Å²) in [5.74, 6) is -2.05. The van der Waals surface area contributed by atoms with E-state index in [1.54, 1.807) is 43.3 Å². The molecule has 0 radical (unpaired) electrons. The predicted octanol–water partition coefficient (Wildman–Crippen LogP) is 4.07. The number of benzene rings is 2. The van der Waals surface area contributed by atoms with Gasteiger partial charge >= 0.3 is 11.9 Å². The van der Waals surface area contributed by atoms with Gasteiger partial charge < -0.3 is 20.1 Å². The van der Waals surface area contributed by atoms with Crippen molar-refractivity contribution < 1.29 is 24.2 Å². The Balaban J connectivity index is 1.79. The van der Waals surface area contributed by atoms with Gasteiger partial charge in [0.2, 0.25) is 0 Å². The van der Waals surface area contributed by atoms with Crippen LogP contribution in [0, 0.1) is 5.92 Å². The van der Waals surface area contributed by atoms with Crippen LogP contribution in [-0.2, 0) is 9.53 Å². The maximum atomic E-state index is 12.5. The summed E-state index contributed by atoms with van der Waals surface area (Å²) in [7, 11) is 0. The Morgan fingerprint density at radius 3 is 2.60 bits per heavy atom. The molecule has 1 fully saturated rings. The lowest BCUT2D eigenvalue weighted by Crippen LogP contribution is -2.39. The second-order valence-electron chi connectivity index (χ2n) is 7.03. The standard InChI is InChI=1S/C22H23ClN2O5/c1-2-30-22(29)15-4-3-11-25(13-15)17-9-10-19(18(12-17)21(27)28)24-20(26)14-5-7-16(23)8-6-14/h5-10,12,15H,2-4,11,13H2,1H3,(H,24,26)(H,27,28). The highest BCUT2D eigenvalue weighted by Crippen LogP contribution is 2.28. The van der Waals surface area contributed by atoms with Crippen LogP contribution in [0.15, 0.2) is 42.5 Å². The maximum Gasteiger partial charge on any atom is 0.337 e. The van der Waals surface area contributed by atoms with E-state index < -0.39 is 11.9 Å². The Hall–Kier alpha value is -3.06. The zero-order valence-corrected chi connectivity index (χ0v) is 17.3. The Morgan fingerprint density at radius 2 is 1.93 bits per heavy atom. The number of ether oxygens (including phenoxy) is 1. The molecule has 0 aromatic heterocycles. The fourth-order valence-electron chi connectivity index (χ4n) is 3.47. The summed E-state index contributed by atoms with van der Waals surface area (Å²) in [5, 5.41) is 12.8. The van der Waals surface area contributed by atoms with Crippen LogP contribution in [0.25, 0.3) is 0 Å². The van der Waals surface area contributed by atoms with E-state index in [1.165, 1.54) is 6.07 Å². The van der Waals surface area contributed by atoms with Gasteiger partial charge in [0.25, 0.3) is 5.91 Å². The lowest BCUT2D eigenvalue weighted by atomic mass is 9.97. The average Bonchev–Trinajstić information content (AvgIpc) is 2.74. The molecule has 1 unspecified atom stereocenters. The summed E-state index contributed by atoms with van der Waals surface area (Å²) in [6.45, 7) is 3.29.